The maximum Gasteiger partial charge on any atom is 0.0666 e. The van der Waals surface area contributed by atoms with Crippen LogP contribution in [-0.2, 0) is 4.74 Å². The molecule has 0 aromatic rings. The van der Waals surface area contributed by atoms with Gasteiger partial charge < -0.3 is 10.1 Å². The minimum atomic E-state index is 0.117. The van der Waals surface area contributed by atoms with Crippen LogP contribution in [0.2, 0.25) is 0 Å². The van der Waals surface area contributed by atoms with Gasteiger partial charge in [0.05, 0.1) is 5.60 Å². The van der Waals surface area contributed by atoms with Gasteiger partial charge in [0.15, 0.2) is 0 Å². The van der Waals surface area contributed by atoms with Crippen LogP contribution in [0.5, 0.6) is 0 Å². The SMILES string of the molecule is CCC1(C)CC(NCC2(SC)CC2)CCO1. The summed E-state index contributed by atoms with van der Waals surface area (Å²) in [6.45, 7) is 6.60. The van der Waals surface area contributed by atoms with Crippen molar-refractivity contribution in [2.24, 2.45) is 0 Å². The van der Waals surface area contributed by atoms with Crippen LogP contribution in [0.3, 0.4) is 0 Å². The van der Waals surface area contributed by atoms with Crippen molar-refractivity contribution in [3.63, 3.8) is 0 Å². The highest BCUT2D eigenvalue weighted by atomic mass is 32.2. The Balaban J connectivity index is 1.77. The van der Waals surface area contributed by atoms with Gasteiger partial charge in [0.2, 0.25) is 0 Å². The second-order valence-corrected chi connectivity index (χ2v) is 6.88. The molecule has 0 aromatic carbocycles. The maximum atomic E-state index is 5.87. The predicted molar refractivity (Wildman–Crippen MR) is 71.2 cm³/mol. The zero-order chi connectivity index (χ0) is 11.6. The van der Waals surface area contributed by atoms with Gasteiger partial charge in [0, 0.05) is 23.9 Å². The highest BCUT2D eigenvalue weighted by Crippen LogP contribution is 2.46. The van der Waals surface area contributed by atoms with Gasteiger partial charge in [-0.15, -0.1) is 0 Å². The molecule has 2 fully saturated rings. The molecular formula is C13H25NOS. The fourth-order valence-corrected chi connectivity index (χ4v) is 3.21. The van der Waals surface area contributed by atoms with E-state index in [0.29, 0.717) is 10.8 Å². The minimum absolute atomic E-state index is 0.117. The van der Waals surface area contributed by atoms with E-state index in [1.165, 1.54) is 32.2 Å². The van der Waals surface area contributed by atoms with Crippen LogP contribution in [0, 0.1) is 0 Å². The van der Waals surface area contributed by atoms with Crippen molar-refractivity contribution >= 4 is 11.8 Å². The topological polar surface area (TPSA) is 21.3 Å². The molecule has 2 unspecified atom stereocenters. The van der Waals surface area contributed by atoms with E-state index >= 15 is 0 Å². The molecule has 2 nitrogen and oxygen atoms in total. The average molecular weight is 243 g/mol. The van der Waals surface area contributed by atoms with E-state index in [1.807, 2.05) is 11.8 Å². The molecule has 2 atom stereocenters. The highest BCUT2D eigenvalue weighted by Gasteiger charge is 2.42. The first-order chi connectivity index (χ1) is 7.61. The lowest BCUT2D eigenvalue weighted by Crippen LogP contribution is -2.46. The Hall–Kier alpha value is 0.270. The minimum Gasteiger partial charge on any atom is -0.375 e. The monoisotopic (exact) mass is 243 g/mol. The first kappa shape index (κ1) is 12.7. The smallest absolute Gasteiger partial charge is 0.0666 e. The predicted octanol–water partition coefficient (Wildman–Crippen LogP) is 2.82. The number of hydrogen-bond donors (Lipinski definition) is 1. The summed E-state index contributed by atoms with van der Waals surface area (Å²) in [5.41, 5.74) is 0.117. The summed E-state index contributed by atoms with van der Waals surface area (Å²) in [6, 6.07) is 0.670. The number of thioether (sulfide) groups is 1. The van der Waals surface area contributed by atoms with Crippen molar-refractivity contribution < 1.29 is 4.74 Å². The van der Waals surface area contributed by atoms with E-state index in [2.05, 4.69) is 25.4 Å². The maximum absolute atomic E-state index is 5.87. The molecule has 1 aliphatic heterocycles. The Morgan fingerprint density at radius 1 is 1.44 bits per heavy atom. The molecular weight excluding hydrogens is 218 g/mol. The van der Waals surface area contributed by atoms with Crippen LogP contribution in [0.1, 0.15) is 46.0 Å². The first-order valence-electron chi connectivity index (χ1n) is 6.54. The van der Waals surface area contributed by atoms with Crippen molar-refractivity contribution in [1.82, 2.24) is 5.32 Å². The van der Waals surface area contributed by atoms with E-state index < -0.39 is 0 Å². The molecule has 3 heteroatoms. The summed E-state index contributed by atoms with van der Waals surface area (Å²) in [7, 11) is 0. The zero-order valence-electron chi connectivity index (χ0n) is 10.8. The normalized spacial score (nSPS) is 37.3. The van der Waals surface area contributed by atoms with E-state index in [-0.39, 0.29) is 5.60 Å². The van der Waals surface area contributed by atoms with E-state index in [1.54, 1.807) is 0 Å². The summed E-state index contributed by atoms with van der Waals surface area (Å²) < 4.78 is 6.46. The first-order valence-corrected chi connectivity index (χ1v) is 7.76. The molecule has 94 valence electrons. The molecule has 1 saturated heterocycles. The van der Waals surface area contributed by atoms with Gasteiger partial charge >= 0.3 is 0 Å². The quantitative estimate of drug-likeness (QED) is 0.802. The fourth-order valence-electron chi connectivity index (χ4n) is 2.47. The molecule has 1 saturated carbocycles. The summed E-state index contributed by atoms with van der Waals surface area (Å²) in [6.07, 6.45) is 8.52. The number of hydrogen-bond acceptors (Lipinski definition) is 3. The van der Waals surface area contributed by atoms with Gasteiger partial charge in [0.1, 0.15) is 0 Å². The molecule has 1 N–H and O–H groups in total. The number of ether oxygens (including phenoxy) is 1. The number of nitrogens with one attached hydrogen (secondary N) is 1. The molecule has 0 aromatic heterocycles. The summed E-state index contributed by atoms with van der Waals surface area (Å²) in [5.74, 6) is 0. The lowest BCUT2D eigenvalue weighted by Gasteiger charge is -2.38. The van der Waals surface area contributed by atoms with Crippen molar-refractivity contribution in [1.29, 1.82) is 0 Å². The molecule has 2 rings (SSSR count). The van der Waals surface area contributed by atoms with Crippen LogP contribution >= 0.6 is 11.8 Å². The van der Waals surface area contributed by atoms with Crippen molar-refractivity contribution in [3.05, 3.63) is 0 Å². The third-order valence-electron chi connectivity index (χ3n) is 4.30. The zero-order valence-corrected chi connectivity index (χ0v) is 11.7. The largest absolute Gasteiger partial charge is 0.375 e. The Labute approximate surface area is 104 Å². The second-order valence-electron chi connectivity index (χ2n) is 5.61. The molecule has 1 aliphatic carbocycles. The van der Waals surface area contributed by atoms with Gasteiger partial charge in [-0.1, -0.05) is 6.92 Å². The van der Waals surface area contributed by atoms with E-state index in [9.17, 15) is 0 Å². The highest BCUT2D eigenvalue weighted by molar-refractivity contribution is 8.00. The third-order valence-corrected chi connectivity index (χ3v) is 5.72. The van der Waals surface area contributed by atoms with Crippen LogP contribution in [0.15, 0.2) is 0 Å². The van der Waals surface area contributed by atoms with Crippen molar-refractivity contribution in [3.8, 4) is 0 Å². The van der Waals surface area contributed by atoms with Gasteiger partial charge in [-0.3, -0.25) is 0 Å². The fraction of sp³-hybridized carbons (Fsp3) is 1.00. The van der Waals surface area contributed by atoms with Gasteiger partial charge in [-0.05, 0) is 45.3 Å². The van der Waals surface area contributed by atoms with Gasteiger partial charge in [-0.2, -0.15) is 11.8 Å². The molecule has 1 heterocycles. The Morgan fingerprint density at radius 2 is 2.19 bits per heavy atom. The lowest BCUT2D eigenvalue weighted by molar-refractivity contribution is -0.0778. The van der Waals surface area contributed by atoms with Crippen molar-refractivity contribution in [2.75, 3.05) is 19.4 Å². The van der Waals surface area contributed by atoms with Gasteiger partial charge in [-0.25, -0.2) is 0 Å². The Kier molecular flexibility index (Phi) is 3.87. The third kappa shape index (κ3) is 2.93. The summed E-state index contributed by atoms with van der Waals surface area (Å²) in [4.78, 5) is 0. The Bertz CT molecular complexity index is 242. The Morgan fingerprint density at radius 3 is 2.75 bits per heavy atom. The average Bonchev–Trinajstić information content (AvgIpc) is 3.08. The van der Waals surface area contributed by atoms with Crippen LogP contribution in [0.25, 0.3) is 0 Å². The lowest BCUT2D eigenvalue weighted by atomic mass is 9.90. The van der Waals surface area contributed by atoms with E-state index in [4.69, 9.17) is 4.74 Å². The van der Waals surface area contributed by atoms with Crippen LogP contribution in [0.4, 0.5) is 0 Å². The summed E-state index contributed by atoms with van der Waals surface area (Å²) in [5, 5.41) is 3.76. The second kappa shape index (κ2) is 4.87. The molecule has 2 aliphatic rings. The summed E-state index contributed by atoms with van der Waals surface area (Å²) >= 11 is 2.04. The standard InChI is InChI=1S/C13H25NOS/c1-4-12(2)9-11(5-8-15-12)14-10-13(16-3)6-7-13/h11,14H,4-10H2,1-3H3. The number of rotatable bonds is 5. The molecule has 0 spiro atoms. The molecule has 16 heavy (non-hydrogen) atoms. The van der Waals surface area contributed by atoms with Crippen LogP contribution < -0.4 is 5.32 Å². The van der Waals surface area contributed by atoms with Crippen molar-refractivity contribution in [2.45, 2.75) is 62.3 Å². The molecule has 0 radical (unpaired) electrons. The van der Waals surface area contributed by atoms with E-state index in [0.717, 1.165) is 13.0 Å². The van der Waals surface area contributed by atoms with Crippen LogP contribution in [-0.4, -0.2) is 35.8 Å². The molecule has 0 bridgehead atoms. The van der Waals surface area contributed by atoms with Gasteiger partial charge in [0.25, 0.3) is 0 Å². The molecule has 0 amide bonds.